The predicted molar refractivity (Wildman–Crippen MR) is 78.4 cm³/mol. The molecule has 1 N–H and O–H groups in total. The summed E-state index contributed by atoms with van der Waals surface area (Å²) in [4.78, 5) is 0. The minimum absolute atomic E-state index is 0.185. The van der Waals surface area contributed by atoms with Crippen molar-refractivity contribution in [2.45, 2.75) is 31.6 Å². The van der Waals surface area contributed by atoms with Crippen LogP contribution in [0.15, 0.2) is 18.2 Å². The summed E-state index contributed by atoms with van der Waals surface area (Å²) in [6, 6.07) is 4.45. The zero-order valence-electron chi connectivity index (χ0n) is 12.3. The zero-order valence-corrected chi connectivity index (χ0v) is 13.1. The molecule has 0 saturated heterocycles. The van der Waals surface area contributed by atoms with E-state index in [1.54, 1.807) is 19.1 Å². The maximum atomic E-state index is 13.7. The van der Waals surface area contributed by atoms with Crippen molar-refractivity contribution in [3.63, 3.8) is 0 Å². The van der Waals surface area contributed by atoms with Gasteiger partial charge in [0, 0.05) is 12.3 Å². The molecule has 0 bridgehead atoms. The molecule has 0 heterocycles. The van der Waals surface area contributed by atoms with Crippen LogP contribution < -0.4 is 10.1 Å². The SMILES string of the molecule is CCNC(Cc1ccc(OC)c(F)c1)C(C)S(C)(=O)=O. The van der Waals surface area contributed by atoms with Gasteiger partial charge in [-0.25, -0.2) is 12.8 Å². The standard InChI is InChI=1S/C14H22FNO3S/c1-5-16-13(10(2)20(4,17)18)9-11-6-7-14(19-3)12(15)8-11/h6-8,10,13,16H,5,9H2,1-4H3. The van der Waals surface area contributed by atoms with E-state index in [-0.39, 0.29) is 11.8 Å². The lowest BCUT2D eigenvalue weighted by molar-refractivity contribution is 0.386. The molecule has 1 aromatic rings. The fourth-order valence-electron chi connectivity index (χ4n) is 2.06. The van der Waals surface area contributed by atoms with Crippen molar-refractivity contribution >= 4 is 9.84 Å². The monoisotopic (exact) mass is 303 g/mol. The Labute approximate surface area is 120 Å². The molecule has 114 valence electrons. The minimum atomic E-state index is -3.15. The smallest absolute Gasteiger partial charge is 0.165 e. The number of sulfone groups is 1. The maximum absolute atomic E-state index is 13.7. The summed E-state index contributed by atoms with van der Waals surface area (Å²) in [5, 5.41) is 2.62. The van der Waals surface area contributed by atoms with Crippen LogP contribution in [0.2, 0.25) is 0 Å². The van der Waals surface area contributed by atoms with Crippen molar-refractivity contribution in [2.24, 2.45) is 0 Å². The van der Waals surface area contributed by atoms with Crippen LogP contribution in [0.4, 0.5) is 4.39 Å². The quantitative estimate of drug-likeness (QED) is 0.834. The Balaban J connectivity index is 2.93. The van der Waals surface area contributed by atoms with Crippen molar-refractivity contribution in [3.05, 3.63) is 29.6 Å². The van der Waals surface area contributed by atoms with Crippen molar-refractivity contribution in [2.75, 3.05) is 19.9 Å². The second-order valence-electron chi connectivity index (χ2n) is 4.87. The van der Waals surface area contributed by atoms with Gasteiger partial charge in [-0.05, 0) is 37.6 Å². The van der Waals surface area contributed by atoms with Crippen LogP contribution in [0.25, 0.3) is 0 Å². The number of methoxy groups -OCH3 is 1. The molecule has 0 fully saturated rings. The largest absolute Gasteiger partial charge is 0.494 e. The van der Waals surface area contributed by atoms with Crippen molar-refractivity contribution in [3.8, 4) is 5.75 Å². The second kappa shape index (κ2) is 7.04. The molecule has 0 amide bonds. The molecule has 0 aliphatic carbocycles. The third-order valence-electron chi connectivity index (χ3n) is 3.38. The van der Waals surface area contributed by atoms with Crippen molar-refractivity contribution in [1.82, 2.24) is 5.32 Å². The van der Waals surface area contributed by atoms with E-state index < -0.39 is 20.9 Å². The van der Waals surface area contributed by atoms with E-state index in [1.807, 2.05) is 6.92 Å². The summed E-state index contributed by atoms with van der Waals surface area (Å²) in [6.07, 6.45) is 1.67. The van der Waals surface area contributed by atoms with Gasteiger partial charge < -0.3 is 10.1 Å². The van der Waals surface area contributed by atoms with Gasteiger partial charge in [-0.1, -0.05) is 13.0 Å². The van der Waals surface area contributed by atoms with Gasteiger partial charge in [-0.3, -0.25) is 0 Å². The molecule has 1 rings (SSSR count). The number of rotatable bonds is 7. The third-order valence-corrected chi connectivity index (χ3v) is 5.06. The third kappa shape index (κ3) is 4.45. The molecule has 0 radical (unpaired) electrons. The molecule has 0 aromatic heterocycles. The first kappa shape index (κ1) is 16.9. The fourth-order valence-corrected chi connectivity index (χ4v) is 2.84. The van der Waals surface area contributed by atoms with Crippen LogP contribution >= 0.6 is 0 Å². The van der Waals surface area contributed by atoms with Gasteiger partial charge in [-0.15, -0.1) is 0 Å². The number of nitrogens with one attached hydrogen (secondary N) is 1. The average Bonchev–Trinajstić information content (AvgIpc) is 2.36. The number of benzene rings is 1. The number of likely N-dealkylation sites (N-methyl/N-ethyl adjacent to an activating group) is 1. The highest BCUT2D eigenvalue weighted by Crippen LogP contribution is 2.20. The molecule has 0 aliphatic rings. The van der Waals surface area contributed by atoms with Crippen molar-refractivity contribution < 1.29 is 17.5 Å². The lowest BCUT2D eigenvalue weighted by Crippen LogP contribution is -2.43. The molecule has 0 saturated carbocycles. The first-order chi connectivity index (χ1) is 9.29. The fraction of sp³-hybridized carbons (Fsp3) is 0.571. The van der Waals surface area contributed by atoms with Gasteiger partial charge in [-0.2, -0.15) is 0 Å². The van der Waals surface area contributed by atoms with E-state index in [4.69, 9.17) is 4.74 Å². The molecule has 20 heavy (non-hydrogen) atoms. The Kier molecular flexibility index (Phi) is 5.95. The van der Waals surface area contributed by atoms with Crippen molar-refractivity contribution in [1.29, 1.82) is 0 Å². The summed E-state index contributed by atoms with van der Waals surface area (Å²) in [7, 11) is -1.74. The average molecular weight is 303 g/mol. The van der Waals surface area contributed by atoms with E-state index in [0.29, 0.717) is 13.0 Å². The molecule has 6 heteroatoms. The Morgan fingerprint density at radius 1 is 1.40 bits per heavy atom. The molecule has 2 atom stereocenters. The van der Waals surface area contributed by atoms with Crippen LogP contribution in [0.5, 0.6) is 5.75 Å². The van der Waals surface area contributed by atoms with Gasteiger partial charge in [0.2, 0.25) is 0 Å². The molecular weight excluding hydrogens is 281 g/mol. The number of ether oxygens (including phenoxy) is 1. The van der Waals surface area contributed by atoms with E-state index in [2.05, 4.69) is 5.32 Å². The number of hydrogen-bond acceptors (Lipinski definition) is 4. The highest BCUT2D eigenvalue weighted by atomic mass is 32.2. The summed E-state index contributed by atoms with van der Waals surface area (Å²) in [5.41, 5.74) is 0.741. The van der Waals surface area contributed by atoms with Crippen LogP contribution in [0, 0.1) is 5.82 Å². The summed E-state index contributed by atoms with van der Waals surface area (Å²) < 4.78 is 41.9. The lowest BCUT2D eigenvalue weighted by Gasteiger charge is -2.23. The Bertz CT molecular complexity index is 545. The molecule has 0 spiro atoms. The summed E-state index contributed by atoms with van der Waals surface area (Å²) >= 11 is 0. The highest BCUT2D eigenvalue weighted by Gasteiger charge is 2.25. The molecule has 1 aromatic carbocycles. The molecule has 2 unspecified atom stereocenters. The number of hydrogen-bond donors (Lipinski definition) is 1. The molecule has 4 nitrogen and oxygen atoms in total. The summed E-state index contributed by atoms with van der Waals surface area (Å²) in [6.45, 7) is 4.24. The van der Waals surface area contributed by atoms with E-state index in [9.17, 15) is 12.8 Å². The Morgan fingerprint density at radius 2 is 2.05 bits per heavy atom. The minimum Gasteiger partial charge on any atom is -0.494 e. The van der Waals surface area contributed by atoms with Crippen LogP contribution in [-0.4, -0.2) is 39.6 Å². The lowest BCUT2D eigenvalue weighted by atomic mass is 10.0. The van der Waals surface area contributed by atoms with Gasteiger partial charge in [0.05, 0.1) is 12.4 Å². The van der Waals surface area contributed by atoms with Crippen LogP contribution in [0.3, 0.4) is 0 Å². The molecular formula is C14H22FNO3S. The second-order valence-corrected chi connectivity index (χ2v) is 7.27. The number of halogens is 1. The van der Waals surface area contributed by atoms with Gasteiger partial charge >= 0.3 is 0 Å². The Hall–Kier alpha value is -1.14. The predicted octanol–water partition coefficient (Wildman–Crippen LogP) is 1.79. The highest BCUT2D eigenvalue weighted by molar-refractivity contribution is 7.91. The normalized spacial score (nSPS) is 14.8. The van der Waals surface area contributed by atoms with E-state index in [0.717, 1.165) is 5.56 Å². The topological polar surface area (TPSA) is 55.4 Å². The van der Waals surface area contributed by atoms with E-state index >= 15 is 0 Å². The zero-order chi connectivity index (χ0) is 15.3. The van der Waals surface area contributed by atoms with E-state index in [1.165, 1.54) is 19.4 Å². The molecule has 0 aliphatic heterocycles. The first-order valence-corrected chi connectivity index (χ1v) is 8.49. The van der Waals surface area contributed by atoms with Crippen LogP contribution in [-0.2, 0) is 16.3 Å². The van der Waals surface area contributed by atoms with Gasteiger partial charge in [0.1, 0.15) is 0 Å². The van der Waals surface area contributed by atoms with Crippen LogP contribution in [0.1, 0.15) is 19.4 Å². The van der Waals surface area contributed by atoms with Gasteiger partial charge in [0.15, 0.2) is 21.4 Å². The summed E-state index contributed by atoms with van der Waals surface area (Å²) in [5.74, 6) is -0.253. The maximum Gasteiger partial charge on any atom is 0.165 e. The Morgan fingerprint density at radius 3 is 2.50 bits per heavy atom. The van der Waals surface area contributed by atoms with Gasteiger partial charge in [0.25, 0.3) is 0 Å². The first-order valence-electron chi connectivity index (χ1n) is 6.54.